The van der Waals surface area contributed by atoms with Crippen molar-refractivity contribution in [2.75, 3.05) is 6.61 Å². The molecule has 0 aliphatic carbocycles. The van der Waals surface area contributed by atoms with Crippen molar-refractivity contribution in [1.29, 1.82) is 0 Å². The van der Waals surface area contributed by atoms with Gasteiger partial charge in [0.15, 0.2) is 6.61 Å². The number of hydrogen-bond donors (Lipinski definition) is 1. The van der Waals surface area contributed by atoms with Gasteiger partial charge in [-0.25, -0.2) is 5.43 Å². The maximum absolute atomic E-state index is 11.6. The Kier molecular flexibility index (Phi) is 6.60. The predicted octanol–water partition coefficient (Wildman–Crippen LogP) is 3.44. The zero-order valence-electron chi connectivity index (χ0n) is 13.1. The van der Waals surface area contributed by atoms with Crippen LogP contribution in [0.1, 0.15) is 18.1 Å². The van der Waals surface area contributed by atoms with E-state index in [9.17, 15) is 4.79 Å². The fourth-order valence-electron chi connectivity index (χ4n) is 1.87. The Balaban J connectivity index is 1.70. The first-order chi connectivity index (χ1) is 11.3. The van der Waals surface area contributed by atoms with Crippen LogP contribution < -0.4 is 10.2 Å². The van der Waals surface area contributed by atoms with Crippen LogP contribution in [0.25, 0.3) is 6.08 Å². The summed E-state index contributed by atoms with van der Waals surface area (Å²) in [5.41, 5.74) is 4.72. The number of nitrogens with zero attached hydrogens (tertiary/aromatic N) is 1. The van der Waals surface area contributed by atoms with Crippen molar-refractivity contribution in [3.8, 4) is 5.75 Å². The highest BCUT2D eigenvalue weighted by atomic mass is 16.5. The van der Waals surface area contributed by atoms with Gasteiger partial charge in [0.05, 0.1) is 0 Å². The average molecular weight is 308 g/mol. The molecule has 2 aromatic rings. The van der Waals surface area contributed by atoms with Crippen LogP contribution in [0.3, 0.4) is 0 Å². The molecule has 118 valence electrons. The van der Waals surface area contributed by atoms with E-state index >= 15 is 0 Å². The maximum atomic E-state index is 11.6. The molecule has 0 aliphatic heterocycles. The fraction of sp³-hybridized carbons (Fsp3) is 0.158. The number of nitrogens with one attached hydrogen (secondary N) is 1. The molecular formula is C19H20N2O2. The van der Waals surface area contributed by atoms with Crippen molar-refractivity contribution >= 4 is 18.2 Å². The first-order valence-electron chi connectivity index (χ1n) is 7.53. The molecule has 0 saturated carbocycles. The Morgan fingerprint density at radius 3 is 2.57 bits per heavy atom. The van der Waals surface area contributed by atoms with E-state index in [0.717, 1.165) is 12.0 Å². The molecule has 0 saturated heterocycles. The number of amides is 1. The topological polar surface area (TPSA) is 50.7 Å². The van der Waals surface area contributed by atoms with Crippen LogP contribution in [0.5, 0.6) is 5.75 Å². The van der Waals surface area contributed by atoms with Gasteiger partial charge in [-0.3, -0.25) is 4.79 Å². The quantitative estimate of drug-likeness (QED) is 0.629. The van der Waals surface area contributed by atoms with Crippen molar-refractivity contribution in [3.05, 3.63) is 71.8 Å². The van der Waals surface area contributed by atoms with E-state index in [-0.39, 0.29) is 12.5 Å². The molecule has 4 nitrogen and oxygen atoms in total. The Morgan fingerprint density at radius 2 is 1.87 bits per heavy atom. The molecule has 0 atom stereocenters. The van der Waals surface area contributed by atoms with Gasteiger partial charge in [-0.2, -0.15) is 5.10 Å². The van der Waals surface area contributed by atoms with Crippen molar-refractivity contribution in [2.45, 2.75) is 13.3 Å². The number of carbonyl (C=O) groups excluding carboxylic acids is 1. The molecule has 23 heavy (non-hydrogen) atoms. The third-order valence-corrected chi connectivity index (χ3v) is 3.14. The Bertz CT molecular complexity index is 662. The largest absolute Gasteiger partial charge is 0.484 e. The second kappa shape index (κ2) is 9.20. The number of ether oxygens (including phenoxy) is 1. The summed E-state index contributed by atoms with van der Waals surface area (Å²) in [5, 5.41) is 3.83. The summed E-state index contributed by atoms with van der Waals surface area (Å²) >= 11 is 0. The zero-order chi connectivity index (χ0) is 16.3. The van der Waals surface area contributed by atoms with E-state index in [1.54, 1.807) is 6.08 Å². The standard InChI is InChI=1S/C19H20N2O2/c1-2-16-10-12-18(13-11-16)23-15-19(22)21-20-14-6-9-17-7-4-3-5-8-17/h3-14H,2,15H2,1H3,(H,21,22)/b9-6+,20-14+. The molecule has 0 bridgehead atoms. The van der Waals surface area contributed by atoms with Gasteiger partial charge in [-0.05, 0) is 35.8 Å². The van der Waals surface area contributed by atoms with Gasteiger partial charge in [0.25, 0.3) is 5.91 Å². The number of rotatable bonds is 7. The number of aryl methyl sites for hydroxylation is 1. The summed E-state index contributed by atoms with van der Waals surface area (Å²) in [6, 6.07) is 17.5. The number of hydrazone groups is 1. The smallest absolute Gasteiger partial charge is 0.277 e. The van der Waals surface area contributed by atoms with Gasteiger partial charge in [-0.1, -0.05) is 55.5 Å². The lowest BCUT2D eigenvalue weighted by Crippen LogP contribution is -2.24. The number of benzene rings is 2. The van der Waals surface area contributed by atoms with Crippen molar-refractivity contribution in [1.82, 2.24) is 5.43 Å². The number of carbonyl (C=O) groups is 1. The Hall–Kier alpha value is -2.88. The molecule has 1 amide bonds. The average Bonchev–Trinajstić information content (AvgIpc) is 2.61. The van der Waals surface area contributed by atoms with Gasteiger partial charge in [0.2, 0.25) is 0 Å². The van der Waals surface area contributed by atoms with Gasteiger partial charge in [0, 0.05) is 6.21 Å². The molecule has 0 fully saturated rings. The minimum atomic E-state index is -0.297. The maximum Gasteiger partial charge on any atom is 0.277 e. The van der Waals surface area contributed by atoms with E-state index in [1.165, 1.54) is 11.8 Å². The van der Waals surface area contributed by atoms with Crippen LogP contribution in [-0.4, -0.2) is 18.7 Å². The number of hydrogen-bond acceptors (Lipinski definition) is 3. The monoisotopic (exact) mass is 308 g/mol. The highest BCUT2D eigenvalue weighted by Gasteiger charge is 2.00. The third kappa shape index (κ3) is 6.18. The highest BCUT2D eigenvalue weighted by molar-refractivity contribution is 5.81. The van der Waals surface area contributed by atoms with Gasteiger partial charge >= 0.3 is 0 Å². The minimum Gasteiger partial charge on any atom is -0.484 e. The van der Waals surface area contributed by atoms with Gasteiger partial charge in [0.1, 0.15) is 5.75 Å². The summed E-state index contributed by atoms with van der Waals surface area (Å²) in [4.78, 5) is 11.6. The SMILES string of the molecule is CCc1ccc(OCC(=O)N/N=C/C=C/c2ccccc2)cc1. The fourth-order valence-corrected chi connectivity index (χ4v) is 1.87. The first kappa shape index (κ1) is 16.5. The molecule has 0 aromatic heterocycles. The Morgan fingerprint density at radius 1 is 1.13 bits per heavy atom. The summed E-state index contributed by atoms with van der Waals surface area (Å²) in [6.07, 6.45) is 6.17. The molecule has 0 spiro atoms. The van der Waals surface area contributed by atoms with Crippen molar-refractivity contribution in [2.24, 2.45) is 5.10 Å². The molecule has 4 heteroatoms. The molecule has 0 aliphatic rings. The molecule has 0 radical (unpaired) electrons. The van der Waals surface area contributed by atoms with Crippen LogP contribution in [0, 0.1) is 0 Å². The molecule has 1 N–H and O–H groups in total. The second-order valence-corrected chi connectivity index (χ2v) is 4.87. The van der Waals surface area contributed by atoms with E-state index in [4.69, 9.17) is 4.74 Å². The first-order valence-corrected chi connectivity index (χ1v) is 7.53. The molecule has 0 heterocycles. The lowest BCUT2D eigenvalue weighted by Gasteiger charge is -2.05. The molecular weight excluding hydrogens is 288 g/mol. The van der Waals surface area contributed by atoms with E-state index in [1.807, 2.05) is 60.7 Å². The third-order valence-electron chi connectivity index (χ3n) is 3.14. The molecule has 2 rings (SSSR count). The summed E-state index contributed by atoms with van der Waals surface area (Å²) in [6.45, 7) is 2.03. The van der Waals surface area contributed by atoms with Crippen molar-refractivity contribution < 1.29 is 9.53 Å². The summed E-state index contributed by atoms with van der Waals surface area (Å²) < 4.78 is 5.39. The zero-order valence-corrected chi connectivity index (χ0v) is 13.1. The van der Waals surface area contributed by atoms with Crippen LogP contribution in [-0.2, 0) is 11.2 Å². The Labute approximate surface area is 136 Å². The lowest BCUT2D eigenvalue weighted by molar-refractivity contribution is -0.123. The highest BCUT2D eigenvalue weighted by Crippen LogP contribution is 2.12. The second-order valence-electron chi connectivity index (χ2n) is 4.87. The normalized spacial score (nSPS) is 11.0. The van der Waals surface area contributed by atoms with Crippen LogP contribution in [0.15, 0.2) is 65.8 Å². The number of allylic oxidation sites excluding steroid dienone is 1. The van der Waals surface area contributed by atoms with Gasteiger partial charge < -0.3 is 4.74 Å². The van der Waals surface area contributed by atoms with E-state index in [0.29, 0.717) is 5.75 Å². The lowest BCUT2D eigenvalue weighted by atomic mass is 10.2. The predicted molar refractivity (Wildman–Crippen MR) is 93.4 cm³/mol. The van der Waals surface area contributed by atoms with Crippen LogP contribution in [0.4, 0.5) is 0 Å². The molecule has 0 unspecified atom stereocenters. The van der Waals surface area contributed by atoms with Crippen molar-refractivity contribution in [3.63, 3.8) is 0 Å². The van der Waals surface area contributed by atoms with Crippen LogP contribution >= 0.6 is 0 Å². The minimum absolute atomic E-state index is 0.0643. The van der Waals surface area contributed by atoms with E-state index < -0.39 is 0 Å². The summed E-state index contributed by atoms with van der Waals surface area (Å²) in [5.74, 6) is 0.374. The van der Waals surface area contributed by atoms with E-state index in [2.05, 4.69) is 17.5 Å². The van der Waals surface area contributed by atoms with Gasteiger partial charge in [-0.15, -0.1) is 0 Å². The molecule has 2 aromatic carbocycles. The summed E-state index contributed by atoms with van der Waals surface area (Å²) in [7, 11) is 0. The van der Waals surface area contributed by atoms with Crippen LogP contribution in [0.2, 0.25) is 0 Å².